The van der Waals surface area contributed by atoms with Crippen LogP contribution in [0.4, 0.5) is 5.00 Å². The van der Waals surface area contributed by atoms with Gasteiger partial charge in [-0.1, -0.05) is 0 Å². The number of nitrogens with zero attached hydrogens (tertiary/aromatic N) is 1. The summed E-state index contributed by atoms with van der Waals surface area (Å²) >= 11 is 1.42. The molecule has 8 heteroatoms. The van der Waals surface area contributed by atoms with Crippen molar-refractivity contribution in [2.24, 2.45) is 5.73 Å². The molecule has 0 bridgehead atoms. The molecule has 0 saturated heterocycles. The molecule has 3 rings (SSSR count). The molecule has 0 saturated carbocycles. The molecule has 0 spiro atoms. The Labute approximate surface area is 168 Å². The van der Waals surface area contributed by atoms with E-state index in [1.165, 1.54) is 25.6 Å². The smallest absolute Gasteiger partial charge is 0.256 e. The second-order valence-electron chi connectivity index (χ2n) is 6.94. The minimum Gasteiger partial charge on any atom is -0.497 e. The predicted octanol–water partition coefficient (Wildman–Crippen LogP) is 2.88. The first-order valence-electron chi connectivity index (χ1n) is 9.06. The van der Waals surface area contributed by atoms with Crippen molar-refractivity contribution in [1.82, 2.24) is 4.90 Å². The van der Waals surface area contributed by atoms with E-state index in [0.29, 0.717) is 33.7 Å². The van der Waals surface area contributed by atoms with Crippen molar-refractivity contribution in [3.8, 4) is 11.5 Å². The average molecular weight is 404 g/mol. The van der Waals surface area contributed by atoms with Crippen LogP contribution in [0.1, 0.15) is 45.0 Å². The van der Waals surface area contributed by atoms with E-state index in [9.17, 15) is 9.59 Å². The van der Waals surface area contributed by atoms with Gasteiger partial charge in [-0.25, -0.2) is 0 Å². The van der Waals surface area contributed by atoms with Crippen molar-refractivity contribution < 1.29 is 19.1 Å². The SMILES string of the molecule is COc1cc(OC)cc(C(=O)Nc2sc3c(c2C(N)=O)CCN(C(C)C)C3)c1. The zero-order chi connectivity index (χ0) is 20.4. The summed E-state index contributed by atoms with van der Waals surface area (Å²) in [4.78, 5) is 28.4. The highest BCUT2D eigenvalue weighted by Gasteiger charge is 2.28. The maximum absolute atomic E-state index is 12.8. The van der Waals surface area contributed by atoms with E-state index < -0.39 is 5.91 Å². The lowest BCUT2D eigenvalue weighted by Gasteiger charge is -2.30. The van der Waals surface area contributed by atoms with Crippen molar-refractivity contribution in [3.63, 3.8) is 0 Å². The predicted molar refractivity (Wildman–Crippen MR) is 110 cm³/mol. The lowest BCUT2D eigenvalue weighted by molar-refractivity contribution is 0.0999. The number of nitrogens with two attached hydrogens (primary N) is 1. The number of rotatable bonds is 6. The molecule has 1 aromatic carbocycles. The second-order valence-corrected chi connectivity index (χ2v) is 8.05. The summed E-state index contributed by atoms with van der Waals surface area (Å²) in [5.74, 6) is 0.156. The number of fused-ring (bicyclic) bond motifs is 1. The zero-order valence-corrected chi connectivity index (χ0v) is 17.3. The molecule has 1 aliphatic heterocycles. The number of carbonyl (C=O) groups excluding carboxylic acids is 2. The van der Waals surface area contributed by atoms with Crippen molar-refractivity contribution >= 4 is 28.2 Å². The summed E-state index contributed by atoms with van der Waals surface area (Å²) in [5, 5.41) is 3.36. The number of thiophene rings is 1. The van der Waals surface area contributed by atoms with Crippen molar-refractivity contribution in [2.75, 3.05) is 26.1 Å². The fraction of sp³-hybridized carbons (Fsp3) is 0.400. The van der Waals surface area contributed by atoms with Crippen LogP contribution in [0.15, 0.2) is 18.2 Å². The molecule has 28 heavy (non-hydrogen) atoms. The Balaban J connectivity index is 1.92. The van der Waals surface area contributed by atoms with Gasteiger partial charge >= 0.3 is 0 Å². The third-order valence-electron chi connectivity index (χ3n) is 4.90. The van der Waals surface area contributed by atoms with Crippen molar-refractivity contribution in [2.45, 2.75) is 32.9 Å². The van der Waals surface area contributed by atoms with Crippen LogP contribution in [0.25, 0.3) is 0 Å². The van der Waals surface area contributed by atoms with Gasteiger partial charge < -0.3 is 20.5 Å². The van der Waals surface area contributed by atoms with Gasteiger partial charge in [0.25, 0.3) is 11.8 Å². The molecule has 1 aliphatic rings. The highest BCUT2D eigenvalue weighted by atomic mass is 32.1. The summed E-state index contributed by atoms with van der Waals surface area (Å²) in [5.41, 5.74) is 7.40. The van der Waals surface area contributed by atoms with E-state index in [1.807, 2.05) is 0 Å². The lowest BCUT2D eigenvalue weighted by atomic mass is 10.0. The number of amides is 2. The lowest BCUT2D eigenvalue weighted by Crippen LogP contribution is -2.35. The molecule has 2 heterocycles. The van der Waals surface area contributed by atoms with E-state index in [2.05, 4.69) is 24.1 Å². The highest BCUT2D eigenvalue weighted by molar-refractivity contribution is 7.17. The van der Waals surface area contributed by atoms with Crippen LogP contribution in [0.5, 0.6) is 11.5 Å². The highest BCUT2D eigenvalue weighted by Crippen LogP contribution is 2.37. The third-order valence-corrected chi connectivity index (χ3v) is 6.04. The summed E-state index contributed by atoms with van der Waals surface area (Å²) in [7, 11) is 3.05. The van der Waals surface area contributed by atoms with Gasteiger partial charge in [-0.15, -0.1) is 11.3 Å². The Kier molecular flexibility index (Phi) is 5.90. The van der Waals surface area contributed by atoms with Gasteiger partial charge in [-0.2, -0.15) is 0 Å². The molecule has 2 amide bonds. The summed E-state index contributed by atoms with van der Waals surface area (Å²) in [6.45, 7) is 5.90. The molecular weight excluding hydrogens is 378 g/mol. The summed E-state index contributed by atoms with van der Waals surface area (Å²) in [6.07, 6.45) is 0.741. The van der Waals surface area contributed by atoms with E-state index in [4.69, 9.17) is 15.2 Å². The monoisotopic (exact) mass is 403 g/mol. The molecule has 0 radical (unpaired) electrons. The van der Waals surface area contributed by atoms with Crippen molar-refractivity contribution in [3.05, 3.63) is 39.8 Å². The molecule has 2 aromatic rings. The Hall–Kier alpha value is -2.58. The zero-order valence-electron chi connectivity index (χ0n) is 16.5. The van der Waals surface area contributed by atoms with Crippen LogP contribution in [0.3, 0.4) is 0 Å². The van der Waals surface area contributed by atoms with Gasteiger partial charge in [0, 0.05) is 35.6 Å². The number of nitrogens with one attached hydrogen (secondary N) is 1. The number of carbonyl (C=O) groups is 2. The fourth-order valence-electron chi connectivity index (χ4n) is 3.33. The van der Waals surface area contributed by atoms with E-state index >= 15 is 0 Å². The molecule has 0 fully saturated rings. The van der Waals surface area contributed by atoms with Gasteiger partial charge in [0.05, 0.1) is 19.8 Å². The number of anilines is 1. The third kappa shape index (κ3) is 3.98. The van der Waals surface area contributed by atoms with Crippen LogP contribution in [-0.2, 0) is 13.0 Å². The fourth-order valence-corrected chi connectivity index (χ4v) is 4.60. The maximum atomic E-state index is 12.8. The van der Waals surface area contributed by atoms with Crippen LogP contribution >= 0.6 is 11.3 Å². The minimum atomic E-state index is -0.519. The topological polar surface area (TPSA) is 93.9 Å². The molecule has 7 nitrogen and oxygen atoms in total. The number of hydrogen-bond acceptors (Lipinski definition) is 6. The molecule has 0 aliphatic carbocycles. The Morgan fingerprint density at radius 3 is 2.36 bits per heavy atom. The van der Waals surface area contributed by atoms with Gasteiger partial charge in [-0.3, -0.25) is 14.5 Å². The first kappa shape index (κ1) is 20.2. The van der Waals surface area contributed by atoms with E-state index in [0.717, 1.165) is 30.0 Å². The largest absolute Gasteiger partial charge is 0.497 e. The normalized spacial score (nSPS) is 13.9. The molecule has 3 N–H and O–H groups in total. The Bertz CT molecular complexity index is 885. The first-order valence-corrected chi connectivity index (χ1v) is 9.88. The number of methoxy groups -OCH3 is 2. The minimum absolute atomic E-state index is 0.348. The Morgan fingerprint density at radius 2 is 1.82 bits per heavy atom. The average Bonchev–Trinajstić information content (AvgIpc) is 3.04. The first-order chi connectivity index (χ1) is 13.3. The quantitative estimate of drug-likeness (QED) is 0.773. The van der Waals surface area contributed by atoms with E-state index in [-0.39, 0.29) is 5.91 Å². The van der Waals surface area contributed by atoms with Crippen molar-refractivity contribution in [1.29, 1.82) is 0 Å². The molecule has 1 aromatic heterocycles. The van der Waals surface area contributed by atoms with Gasteiger partial charge in [0.1, 0.15) is 16.5 Å². The standard InChI is InChI=1S/C20H25N3O4S/c1-11(2)23-6-5-15-16(10-23)28-20(17(15)18(21)24)22-19(25)12-7-13(26-3)9-14(8-12)27-4/h7-9,11H,5-6,10H2,1-4H3,(H2,21,24)(H,22,25). The molecular formula is C20H25N3O4S. The van der Waals surface area contributed by atoms with Gasteiger partial charge in [0.15, 0.2) is 0 Å². The Morgan fingerprint density at radius 1 is 1.18 bits per heavy atom. The van der Waals surface area contributed by atoms with Crippen LogP contribution in [0, 0.1) is 0 Å². The van der Waals surface area contributed by atoms with E-state index in [1.54, 1.807) is 18.2 Å². The molecule has 150 valence electrons. The van der Waals surface area contributed by atoms with Gasteiger partial charge in [0.2, 0.25) is 0 Å². The number of hydrogen-bond donors (Lipinski definition) is 2. The number of benzene rings is 1. The van der Waals surface area contributed by atoms with Crippen LogP contribution in [0.2, 0.25) is 0 Å². The van der Waals surface area contributed by atoms with Gasteiger partial charge in [-0.05, 0) is 38.0 Å². The van der Waals surface area contributed by atoms with Crippen LogP contribution in [-0.4, -0.2) is 43.5 Å². The molecule has 0 unspecified atom stereocenters. The summed E-state index contributed by atoms with van der Waals surface area (Å²) in [6, 6.07) is 5.34. The van der Waals surface area contributed by atoms with Crippen LogP contribution < -0.4 is 20.5 Å². The summed E-state index contributed by atoms with van der Waals surface area (Å²) < 4.78 is 10.4. The maximum Gasteiger partial charge on any atom is 0.256 e. The molecule has 0 atom stereocenters. The number of ether oxygens (including phenoxy) is 2. The second kappa shape index (κ2) is 8.20. The number of primary amides is 1.